The molecule has 0 spiro atoms. The lowest BCUT2D eigenvalue weighted by molar-refractivity contribution is 0.194. The van der Waals surface area contributed by atoms with E-state index in [9.17, 15) is 13.5 Å². The minimum Gasteiger partial charge on any atom is -0.393 e. The first-order valence-corrected chi connectivity index (χ1v) is 7.11. The minimum absolute atomic E-state index is 0.157. The summed E-state index contributed by atoms with van der Waals surface area (Å²) in [6.45, 7) is 3.50. The van der Waals surface area contributed by atoms with Crippen LogP contribution in [0.3, 0.4) is 0 Å². The summed E-state index contributed by atoms with van der Waals surface area (Å²) in [5, 5.41) is 9.33. The van der Waals surface area contributed by atoms with Gasteiger partial charge in [-0.25, -0.2) is 8.42 Å². The van der Waals surface area contributed by atoms with E-state index in [2.05, 4.69) is 0 Å². The second-order valence-electron chi connectivity index (χ2n) is 3.98. The molecule has 1 atom stereocenters. The van der Waals surface area contributed by atoms with Gasteiger partial charge in [0.2, 0.25) is 0 Å². The van der Waals surface area contributed by atoms with Crippen molar-refractivity contribution >= 4 is 9.84 Å². The third kappa shape index (κ3) is 3.32. The second kappa shape index (κ2) is 5.46. The van der Waals surface area contributed by atoms with Crippen LogP contribution in [0.25, 0.3) is 0 Å². The largest absolute Gasteiger partial charge is 0.393 e. The van der Waals surface area contributed by atoms with E-state index >= 15 is 0 Å². The van der Waals surface area contributed by atoms with Gasteiger partial charge in [-0.3, -0.25) is 0 Å². The molecule has 0 bridgehead atoms. The Morgan fingerprint density at radius 3 is 2.50 bits per heavy atom. The van der Waals surface area contributed by atoms with E-state index in [0.717, 1.165) is 0 Å². The van der Waals surface area contributed by atoms with Crippen LogP contribution in [0.2, 0.25) is 0 Å². The fraction of sp³-hybridized carbons (Fsp3) is 0.500. The van der Waals surface area contributed by atoms with E-state index in [-0.39, 0.29) is 5.75 Å². The maximum absolute atomic E-state index is 12.0. The number of aliphatic hydroxyl groups excluding tert-OH is 1. The van der Waals surface area contributed by atoms with E-state index in [1.54, 1.807) is 31.2 Å². The molecule has 90 valence electrons. The highest BCUT2D eigenvalue weighted by atomic mass is 32.2. The molecule has 0 saturated carbocycles. The molecule has 1 unspecified atom stereocenters. The fourth-order valence-electron chi connectivity index (χ4n) is 1.67. The maximum atomic E-state index is 12.0. The van der Waals surface area contributed by atoms with Crippen molar-refractivity contribution in [2.75, 3.05) is 5.75 Å². The molecular formula is C12H18O3S. The van der Waals surface area contributed by atoms with E-state index in [1.165, 1.54) is 0 Å². The van der Waals surface area contributed by atoms with Gasteiger partial charge >= 0.3 is 0 Å². The molecule has 4 heteroatoms. The molecule has 1 N–H and O–H groups in total. The first kappa shape index (κ1) is 13.2. The van der Waals surface area contributed by atoms with Gasteiger partial charge in [0.1, 0.15) is 0 Å². The molecule has 0 fully saturated rings. The van der Waals surface area contributed by atoms with Crippen LogP contribution in [0.15, 0.2) is 29.2 Å². The molecule has 0 aliphatic rings. The molecule has 16 heavy (non-hydrogen) atoms. The van der Waals surface area contributed by atoms with Crippen molar-refractivity contribution in [2.24, 2.45) is 0 Å². The van der Waals surface area contributed by atoms with Crippen LogP contribution in [-0.4, -0.2) is 25.4 Å². The van der Waals surface area contributed by atoms with Crippen molar-refractivity contribution in [1.82, 2.24) is 0 Å². The zero-order valence-electron chi connectivity index (χ0n) is 9.68. The van der Waals surface area contributed by atoms with Crippen LogP contribution in [0.5, 0.6) is 0 Å². The van der Waals surface area contributed by atoms with Gasteiger partial charge in [-0.15, -0.1) is 0 Å². The highest BCUT2D eigenvalue weighted by molar-refractivity contribution is 7.91. The van der Waals surface area contributed by atoms with Gasteiger partial charge < -0.3 is 5.11 Å². The SMILES string of the molecule is CCCS(=O)(=O)c1ccccc1CC(C)O. The van der Waals surface area contributed by atoms with Crippen molar-refractivity contribution < 1.29 is 13.5 Å². The summed E-state index contributed by atoms with van der Waals surface area (Å²) in [5.41, 5.74) is 0.700. The molecule has 1 rings (SSSR count). The summed E-state index contributed by atoms with van der Waals surface area (Å²) in [4.78, 5) is 0.359. The molecular weight excluding hydrogens is 224 g/mol. The van der Waals surface area contributed by atoms with Crippen molar-refractivity contribution in [3.63, 3.8) is 0 Å². The number of benzene rings is 1. The number of rotatable bonds is 5. The normalized spacial score (nSPS) is 13.7. The Kier molecular flexibility index (Phi) is 4.50. The van der Waals surface area contributed by atoms with Gasteiger partial charge in [-0.2, -0.15) is 0 Å². The van der Waals surface area contributed by atoms with Gasteiger partial charge in [0.25, 0.3) is 0 Å². The van der Waals surface area contributed by atoms with Gasteiger partial charge in [0.05, 0.1) is 16.8 Å². The summed E-state index contributed by atoms with van der Waals surface area (Å²) in [7, 11) is -3.20. The van der Waals surface area contributed by atoms with Crippen LogP contribution < -0.4 is 0 Å². The topological polar surface area (TPSA) is 54.4 Å². The summed E-state index contributed by atoms with van der Waals surface area (Å²) >= 11 is 0. The predicted molar refractivity (Wildman–Crippen MR) is 64.2 cm³/mol. The number of aliphatic hydroxyl groups is 1. The van der Waals surface area contributed by atoms with Gasteiger partial charge in [0.15, 0.2) is 9.84 Å². The van der Waals surface area contributed by atoms with Crippen LogP contribution >= 0.6 is 0 Å². The van der Waals surface area contributed by atoms with Crippen molar-refractivity contribution in [3.8, 4) is 0 Å². The fourth-order valence-corrected chi connectivity index (χ4v) is 3.27. The quantitative estimate of drug-likeness (QED) is 0.856. The summed E-state index contributed by atoms with van der Waals surface area (Å²) in [6, 6.07) is 6.88. The monoisotopic (exact) mass is 242 g/mol. The number of hydrogen-bond acceptors (Lipinski definition) is 3. The van der Waals surface area contributed by atoms with E-state index in [1.807, 2.05) is 6.92 Å². The lowest BCUT2D eigenvalue weighted by Crippen LogP contribution is -2.12. The first-order valence-electron chi connectivity index (χ1n) is 5.46. The Morgan fingerprint density at radius 1 is 1.31 bits per heavy atom. The van der Waals surface area contributed by atoms with E-state index in [4.69, 9.17) is 0 Å². The van der Waals surface area contributed by atoms with Crippen molar-refractivity contribution in [3.05, 3.63) is 29.8 Å². The highest BCUT2D eigenvalue weighted by Crippen LogP contribution is 2.19. The zero-order valence-corrected chi connectivity index (χ0v) is 10.5. The third-order valence-electron chi connectivity index (χ3n) is 2.30. The Hall–Kier alpha value is -0.870. The second-order valence-corrected chi connectivity index (χ2v) is 6.06. The Balaban J connectivity index is 3.13. The molecule has 0 saturated heterocycles. The molecule has 0 radical (unpaired) electrons. The summed E-state index contributed by atoms with van der Waals surface area (Å²) in [6.07, 6.45) is 0.447. The van der Waals surface area contributed by atoms with E-state index in [0.29, 0.717) is 23.3 Å². The predicted octanol–water partition coefficient (Wildman–Crippen LogP) is 1.79. The van der Waals surface area contributed by atoms with Crippen molar-refractivity contribution in [1.29, 1.82) is 0 Å². The Labute approximate surface area is 97.0 Å². The molecule has 0 amide bonds. The summed E-state index contributed by atoms with van der Waals surface area (Å²) in [5.74, 6) is 0.157. The van der Waals surface area contributed by atoms with Gasteiger partial charge in [-0.05, 0) is 31.4 Å². The van der Waals surface area contributed by atoms with Crippen LogP contribution in [-0.2, 0) is 16.3 Å². The maximum Gasteiger partial charge on any atom is 0.178 e. The molecule has 1 aromatic carbocycles. The Morgan fingerprint density at radius 2 is 1.94 bits per heavy atom. The zero-order chi connectivity index (χ0) is 12.2. The molecule has 3 nitrogen and oxygen atoms in total. The highest BCUT2D eigenvalue weighted by Gasteiger charge is 2.17. The minimum atomic E-state index is -3.20. The average Bonchev–Trinajstić information content (AvgIpc) is 2.17. The lowest BCUT2D eigenvalue weighted by atomic mass is 10.1. The standard InChI is InChI=1S/C12H18O3S/c1-3-8-16(14,15)12-7-5-4-6-11(12)9-10(2)13/h4-7,10,13H,3,8-9H2,1-2H3. The van der Waals surface area contributed by atoms with E-state index < -0.39 is 15.9 Å². The van der Waals surface area contributed by atoms with Gasteiger partial charge in [0, 0.05) is 0 Å². The van der Waals surface area contributed by atoms with Crippen LogP contribution in [0, 0.1) is 0 Å². The molecule has 1 aromatic rings. The lowest BCUT2D eigenvalue weighted by Gasteiger charge is -2.11. The first-order chi connectivity index (χ1) is 7.47. The van der Waals surface area contributed by atoms with Crippen molar-refractivity contribution in [2.45, 2.75) is 37.7 Å². The third-order valence-corrected chi connectivity index (χ3v) is 4.31. The van der Waals surface area contributed by atoms with Crippen LogP contribution in [0.1, 0.15) is 25.8 Å². The van der Waals surface area contributed by atoms with Crippen LogP contribution in [0.4, 0.5) is 0 Å². The summed E-state index contributed by atoms with van der Waals surface area (Å²) < 4.78 is 23.9. The number of sulfone groups is 1. The molecule has 0 aliphatic carbocycles. The molecule has 0 heterocycles. The Bertz CT molecular complexity index is 435. The average molecular weight is 242 g/mol. The number of hydrogen-bond donors (Lipinski definition) is 1. The smallest absolute Gasteiger partial charge is 0.178 e. The van der Waals surface area contributed by atoms with Gasteiger partial charge in [-0.1, -0.05) is 25.1 Å². The molecule has 0 aromatic heterocycles. The molecule has 0 aliphatic heterocycles.